The standard InChI is InChI=1S/C13H14ClN3O2/c1-18-13(3-2-4-13)12-16-11(19-17-12)8-5-9(14)7-10(15)6-8/h5-7H,2-4,15H2,1H3. The van der Waals surface area contributed by atoms with Crippen LogP contribution in [0.2, 0.25) is 5.02 Å². The van der Waals surface area contributed by atoms with Gasteiger partial charge in [-0.3, -0.25) is 0 Å². The lowest BCUT2D eigenvalue weighted by Crippen LogP contribution is -2.37. The quantitative estimate of drug-likeness (QED) is 0.874. The van der Waals surface area contributed by atoms with E-state index in [0.717, 1.165) is 19.3 Å². The first-order chi connectivity index (χ1) is 9.13. The zero-order valence-corrected chi connectivity index (χ0v) is 11.3. The molecule has 0 amide bonds. The van der Waals surface area contributed by atoms with Crippen LogP contribution >= 0.6 is 11.6 Å². The summed E-state index contributed by atoms with van der Waals surface area (Å²) < 4.78 is 10.8. The van der Waals surface area contributed by atoms with Gasteiger partial charge >= 0.3 is 0 Å². The lowest BCUT2D eigenvalue weighted by Gasteiger charge is -2.37. The van der Waals surface area contributed by atoms with E-state index in [1.54, 1.807) is 25.3 Å². The summed E-state index contributed by atoms with van der Waals surface area (Å²) in [6.45, 7) is 0. The molecule has 2 N–H and O–H groups in total. The monoisotopic (exact) mass is 279 g/mol. The largest absolute Gasteiger partial charge is 0.399 e. The third-order valence-corrected chi connectivity index (χ3v) is 3.77. The molecule has 6 heteroatoms. The van der Waals surface area contributed by atoms with Crippen LogP contribution in [0.3, 0.4) is 0 Å². The van der Waals surface area contributed by atoms with Crippen LogP contribution in [0.25, 0.3) is 11.5 Å². The van der Waals surface area contributed by atoms with Gasteiger partial charge in [0, 0.05) is 23.4 Å². The lowest BCUT2D eigenvalue weighted by molar-refractivity contribution is -0.0858. The Morgan fingerprint density at radius 2 is 2.16 bits per heavy atom. The number of benzene rings is 1. The Kier molecular flexibility index (Phi) is 2.95. The summed E-state index contributed by atoms with van der Waals surface area (Å²) in [5, 5.41) is 4.56. The maximum Gasteiger partial charge on any atom is 0.258 e. The average Bonchev–Trinajstić information content (AvgIpc) is 2.77. The minimum absolute atomic E-state index is 0.383. The number of nitrogens with two attached hydrogens (primary N) is 1. The third kappa shape index (κ3) is 2.09. The molecule has 1 aliphatic carbocycles. The summed E-state index contributed by atoms with van der Waals surface area (Å²) in [6, 6.07) is 5.17. The van der Waals surface area contributed by atoms with Gasteiger partial charge < -0.3 is 15.0 Å². The van der Waals surface area contributed by atoms with Gasteiger partial charge in [-0.1, -0.05) is 16.8 Å². The van der Waals surface area contributed by atoms with Gasteiger partial charge in [-0.2, -0.15) is 4.98 Å². The van der Waals surface area contributed by atoms with Gasteiger partial charge in [0.2, 0.25) is 5.82 Å². The molecule has 5 nitrogen and oxygen atoms in total. The van der Waals surface area contributed by atoms with Crippen molar-refractivity contribution in [3.05, 3.63) is 29.0 Å². The average molecular weight is 280 g/mol. The van der Waals surface area contributed by atoms with Gasteiger partial charge in [0.15, 0.2) is 0 Å². The van der Waals surface area contributed by atoms with Gasteiger partial charge in [0.1, 0.15) is 5.60 Å². The molecule has 1 aliphatic rings. The summed E-state index contributed by atoms with van der Waals surface area (Å²) in [6.07, 6.45) is 2.95. The number of ether oxygens (including phenoxy) is 1. The highest BCUT2D eigenvalue weighted by Crippen LogP contribution is 2.43. The highest BCUT2D eigenvalue weighted by Gasteiger charge is 2.43. The Morgan fingerprint density at radius 1 is 1.37 bits per heavy atom. The zero-order valence-electron chi connectivity index (χ0n) is 10.5. The summed E-state index contributed by atoms with van der Waals surface area (Å²) in [5.41, 5.74) is 6.65. The summed E-state index contributed by atoms with van der Waals surface area (Å²) in [4.78, 5) is 4.41. The normalized spacial score (nSPS) is 17.2. The van der Waals surface area contributed by atoms with Gasteiger partial charge in [0.05, 0.1) is 0 Å². The Balaban J connectivity index is 1.97. The van der Waals surface area contributed by atoms with E-state index in [-0.39, 0.29) is 5.60 Å². The predicted octanol–water partition coefficient (Wildman–Crippen LogP) is 3.00. The molecule has 0 unspecified atom stereocenters. The first kappa shape index (κ1) is 12.4. The van der Waals surface area contributed by atoms with Crippen molar-refractivity contribution in [1.29, 1.82) is 0 Å². The van der Waals surface area contributed by atoms with E-state index in [4.69, 9.17) is 26.6 Å². The first-order valence-corrected chi connectivity index (χ1v) is 6.46. The highest BCUT2D eigenvalue weighted by molar-refractivity contribution is 6.31. The third-order valence-electron chi connectivity index (χ3n) is 3.55. The molecule has 19 heavy (non-hydrogen) atoms. The topological polar surface area (TPSA) is 74.2 Å². The van der Waals surface area contributed by atoms with E-state index >= 15 is 0 Å². The van der Waals surface area contributed by atoms with Crippen molar-refractivity contribution in [3.8, 4) is 11.5 Å². The van der Waals surface area contributed by atoms with Gasteiger partial charge in [-0.25, -0.2) is 0 Å². The van der Waals surface area contributed by atoms with Crippen molar-refractivity contribution in [2.24, 2.45) is 0 Å². The molecule has 1 aromatic heterocycles. The molecule has 3 rings (SSSR count). The summed E-state index contributed by atoms with van der Waals surface area (Å²) >= 11 is 5.97. The van der Waals surface area contributed by atoms with Crippen LogP contribution in [0.4, 0.5) is 5.69 Å². The maximum atomic E-state index is 5.97. The summed E-state index contributed by atoms with van der Waals surface area (Å²) in [5.74, 6) is 1.00. The van der Waals surface area contributed by atoms with Gasteiger partial charge in [0.25, 0.3) is 5.89 Å². The van der Waals surface area contributed by atoms with Crippen LogP contribution in [0.15, 0.2) is 22.7 Å². The van der Waals surface area contributed by atoms with Crippen molar-refractivity contribution in [2.75, 3.05) is 12.8 Å². The molecule has 0 spiro atoms. The minimum Gasteiger partial charge on any atom is -0.399 e. The molecule has 0 aliphatic heterocycles. The fourth-order valence-corrected chi connectivity index (χ4v) is 2.52. The number of hydrogen-bond donors (Lipinski definition) is 1. The van der Waals surface area contributed by atoms with Gasteiger partial charge in [-0.15, -0.1) is 0 Å². The molecule has 1 heterocycles. The van der Waals surface area contributed by atoms with Crippen LogP contribution in [-0.4, -0.2) is 17.3 Å². The second-order valence-corrected chi connectivity index (χ2v) is 5.18. The number of nitrogen functional groups attached to an aromatic ring is 1. The molecule has 2 aromatic rings. The minimum atomic E-state index is -0.383. The van der Waals surface area contributed by atoms with E-state index < -0.39 is 0 Å². The number of rotatable bonds is 3. The molecule has 0 bridgehead atoms. The van der Waals surface area contributed by atoms with E-state index in [1.165, 1.54) is 0 Å². The summed E-state index contributed by atoms with van der Waals surface area (Å²) in [7, 11) is 1.67. The van der Waals surface area contributed by atoms with Crippen molar-refractivity contribution in [3.63, 3.8) is 0 Å². The molecule has 1 saturated carbocycles. The van der Waals surface area contributed by atoms with E-state index in [0.29, 0.717) is 28.0 Å². The van der Waals surface area contributed by atoms with Crippen LogP contribution in [0.1, 0.15) is 25.1 Å². The smallest absolute Gasteiger partial charge is 0.258 e. The van der Waals surface area contributed by atoms with Crippen molar-refractivity contribution < 1.29 is 9.26 Å². The number of aromatic nitrogens is 2. The van der Waals surface area contributed by atoms with Crippen LogP contribution in [0, 0.1) is 0 Å². The first-order valence-electron chi connectivity index (χ1n) is 6.09. The highest BCUT2D eigenvalue weighted by atomic mass is 35.5. The second kappa shape index (κ2) is 4.51. The van der Waals surface area contributed by atoms with Crippen LogP contribution in [0.5, 0.6) is 0 Å². The van der Waals surface area contributed by atoms with Crippen molar-refractivity contribution >= 4 is 17.3 Å². The van der Waals surface area contributed by atoms with Crippen LogP contribution < -0.4 is 5.73 Å². The van der Waals surface area contributed by atoms with Crippen molar-refractivity contribution in [2.45, 2.75) is 24.9 Å². The molecule has 0 radical (unpaired) electrons. The number of halogens is 1. The molecule has 1 fully saturated rings. The lowest BCUT2D eigenvalue weighted by atomic mass is 9.79. The van der Waals surface area contributed by atoms with Crippen LogP contribution in [-0.2, 0) is 10.3 Å². The Morgan fingerprint density at radius 3 is 2.74 bits per heavy atom. The number of hydrogen-bond acceptors (Lipinski definition) is 5. The number of anilines is 1. The number of nitrogens with zero attached hydrogens (tertiary/aromatic N) is 2. The zero-order chi connectivity index (χ0) is 13.5. The Hall–Kier alpha value is -1.59. The molecule has 1 aromatic carbocycles. The van der Waals surface area contributed by atoms with E-state index in [2.05, 4.69) is 10.1 Å². The molecule has 0 atom stereocenters. The fraction of sp³-hybridized carbons (Fsp3) is 0.385. The molecule has 100 valence electrons. The Labute approximate surface area is 115 Å². The number of methoxy groups -OCH3 is 1. The van der Waals surface area contributed by atoms with Gasteiger partial charge in [-0.05, 0) is 37.5 Å². The Bertz CT molecular complexity index is 582. The van der Waals surface area contributed by atoms with E-state index in [1.807, 2.05) is 0 Å². The second-order valence-electron chi connectivity index (χ2n) is 4.75. The molecular weight excluding hydrogens is 266 g/mol. The molecular formula is C13H14ClN3O2. The predicted molar refractivity (Wildman–Crippen MR) is 71.7 cm³/mol. The SMILES string of the molecule is COC1(c2noc(-c3cc(N)cc(Cl)c3)n2)CCC1. The molecule has 0 saturated heterocycles. The van der Waals surface area contributed by atoms with E-state index in [9.17, 15) is 0 Å². The van der Waals surface area contributed by atoms with Crippen molar-refractivity contribution in [1.82, 2.24) is 10.1 Å². The maximum absolute atomic E-state index is 5.97. The fourth-order valence-electron chi connectivity index (χ4n) is 2.28.